The second-order valence-corrected chi connectivity index (χ2v) is 11.7. The molecule has 0 fully saturated rings. The highest BCUT2D eigenvalue weighted by atomic mass is 32.2. The van der Waals surface area contributed by atoms with E-state index in [1.54, 1.807) is 36.4 Å². The van der Waals surface area contributed by atoms with Crippen molar-refractivity contribution >= 4 is 44.7 Å². The molecular formula is C30H34N4O4S. The second kappa shape index (κ2) is 11.2. The van der Waals surface area contributed by atoms with Crippen molar-refractivity contribution in [3.05, 3.63) is 76.6 Å². The van der Waals surface area contributed by atoms with Crippen molar-refractivity contribution in [3.8, 4) is 0 Å². The molecule has 1 aromatic heterocycles. The first kappa shape index (κ1) is 26.9. The molecule has 2 heterocycles. The molecule has 1 amide bonds. The standard InChI is InChI=1S/C30H34N4O4S/c1-3-34(4-2)17-9-12-22-27(31-26-13-8-14-28(35)29(22)26)19-24-23-18-20(15-16-25(23)32-30(24)36)33-39(37,38)21-10-6-5-7-11-21/h5-7,10-11,15-16,18-19,31,33H,3-4,8-9,12-14,17H2,1-2H3,(H,32,36)/b24-19-. The van der Waals surface area contributed by atoms with Crippen LogP contribution in [0.1, 0.15) is 66.0 Å². The van der Waals surface area contributed by atoms with E-state index in [1.807, 2.05) is 6.08 Å². The molecule has 3 aromatic rings. The summed E-state index contributed by atoms with van der Waals surface area (Å²) in [5, 5.41) is 2.88. The molecule has 1 aliphatic carbocycles. The van der Waals surface area contributed by atoms with Crippen LogP contribution in [0.25, 0.3) is 11.6 Å². The van der Waals surface area contributed by atoms with Gasteiger partial charge in [0.15, 0.2) is 5.78 Å². The number of benzene rings is 2. The fourth-order valence-electron chi connectivity index (χ4n) is 5.45. The van der Waals surface area contributed by atoms with Crippen LogP contribution >= 0.6 is 0 Å². The van der Waals surface area contributed by atoms with Crippen molar-refractivity contribution in [1.82, 2.24) is 9.88 Å². The lowest BCUT2D eigenvalue weighted by molar-refractivity contribution is -0.110. The van der Waals surface area contributed by atoms with Crippen LogP contribution in [0.2, 0.25) is 0 Å². The predicted molar refractivity (Wildman–Crippen MR) is 154 cm³/mol. The lowest BCUT2D eigenvalue weighted by Crippen LogP contribution is -2.24. The van der Waals surface area contributed by atoms with Crippen molar-refractivity contribution in [2.24, 2.45) is 0 Å². The molecule has 0 radical (unpaired) electrons. The zero-order valence-electron chi connectivity index (χ0n) is 22.3. The van der Waals surface area contributed by atoms with E-state index in [4.69, 9.17) is 0 Å². The Morgan fingerprint density at radius 1 is 1.03 bits per heavy atom. The molecule has 1 aliphatic heterocycles. The average molecular weight is 547 g/mol. The Kier molecular flexibility index (Phi) is 7.72. The van der Waals surface area contributed by atoms with Gasteiger partial charge < -0.3 is 15.2 Å². The van der Waals surface area contributed by atoms with E-state index in [1.165, 1.54) is 12.1 Å². The number of carbonyl (C=O) groups is 2. The van der Waals surface area contributed by atoms with Crippen LogP contribution in [0.15, 0.2) is 53.4 Å². The van der Waals surface area contributed by atoms with Crippen LogP contribution < -0.4 is 10.0 Å². The van der Waals surface area contributed by atoms with Gasteiger partial charge in [-0.3, -0.25) is 14.3 Å². The molecule has 9 heteroatoms. The molecule has 0 spiro atoms. The molecule has 0 atom stereocenters. The monoisotopic (exact) mass is 546 g/mol. The second-order valence-electron chi connectivity index (χ2n) is 9.97. The smallest absolute Gasteiger partial charge is 0.261 e. The number of aryl methyl sites for hydroxylation is 1. The number of amides is 1. The van der Waals surface area contributed by atoms with Crippen molar-refractivity contribution in [2.75, 3.05) is 29.7 Å². The van der Waals surface area contributed by atoms with Crippen LogP contribution in [0.5, 0.6) is 0 Å². The minimum Gasteiger partial charge on any atom is -0.358 e. The van der Waals surface area contributed by atoms with E-state index in [0.717, 1.165) is 67.8 Å². The number of hydrogen-bond acceptors (Lipinski definition) is 5. The molecule has 39 heavy (non-hydrogen) atoms. The van der Waals surface area contributed by atoms with Crippen molar-refractivity contribution < 1.29 is 18.0 Å². The van der Waals surface area contributed by atoms with Crippen LogP contribution in [-0.4, -0.2) is 49.6 Å². The van der Waals surface area contributed by atoms with Gasteiger partial charge in [0, 0.05) is 40.3 Å². The molecule has 3 N–H and O–H groups in total. The number of hydrogen-bond donors (Lipinski definition) is 3. The van der Waals surface area contributed by atoms with Crippen LogP contribution in [0.4, 0.5) is 11.4 Å². The number of ketones is 1. The third-order valence-electron chi connectivity index (χ3n) is 7.52. The van der Waals surface area contributed by atoms with Crippen LogP contribution in [-0.2, 0) is 27.7 Å². The van der Waals surface area contributed by atoms with Gasteiger partial charge in [0.2, 0.25) is 0 Å². The molecule has 5 rings (SSSR count). The van der Waals surface area contributed by atoms with E-state index in [-0.39, 0.29) is 16.6 Å². The van der Waals surface area contributed by atoms with Gasteiger partial charge in [-0.2, -0.15) is 0 Å². The quantitative estimate of drug-likeness (QED) is 0.306. The van der Waals surface area contributed by atoms with Gasteiger partial charge in [0.25, 0.3) is 15.9 Å². The molecule has 0 saturated carbocycles. The Hall–Kier alpha value is -3.69. The highest BCUT2D eigenvalue weighted by Gasteiger charge is 2.29. The summed E-state index contributed by atoms with van der Waals surface area (Å²) in [5.74, 6) is -0.107. The number of fused-ring (bicyclic) bond motifs is 2. The number of H-pyrrole nitrogens is 1. The van der Waals surface area contributed by atoms with Crippen LogP contribution in [0.3, 0.4) is 0 Å². The van der Waals surface area contributed by atoms with Crippen LogP contribution in [0, 0.1) is 0 Å². The molecule has 2 aromatic carbocycles. The SMILES string of the molecule is CCN(CC)CCCc1c(/C=C2\C(=O)Nc3ccc(NS(=O)(=O)c4ccccc4)cc32)[nH]c2c1C(=O)CCC2. The maximum absolute atomic E-state index is 13.0. The molecule has 8 nitrogen and oxygen atoms in total. The average Bonchev–Trinajstić information content (AvgIpc) is 3.44. The Morgan fingerprint density at radius 3 is 2.54 bits per heavy atom. The van der Waals surface area contributed by atoms with Gasteiger partial charge in [-0.15, -0.1) is 0 Å². The number of sulfonamides is 1. The Balaban J connectivity index is 1.49. The van der Waals surface area contributed by atoms with Gasteiger partial charge in [-0.1, -0.05) is 32.0 Å². The molecular weight excluding hydrogens is 512 g/mol. The molecule has 0 saturated heterocycles. The Morgan fingerprint density at radius 2 is 1.79 bits per heavy atom. The number of nitrogens with zero attached hydrogens (tertiary/aromatic N) is 1. The third-order valence-corrected chi connectivity index (χ3v) is 8.91. The summed E-state index contributed by atoms with van der Waals surface area (Å²) in [6, 6.07) is 13.2. The summed E-state index contributed by atoms with van der Waals surface area (Å²) >= 11 is 0. The molecule has 2 aliphatic rings. The minimum atomic E-state index is -3.78. The zero-order valence-corrected chi connectivity index (χ0v) is 23.2. The van der Waals surface area contributed by atoms with Gasteiger partial charge in [-0.25, -0.2) is 8.42 Å². The lowest BCUT2D eigenvalue weighted by atomic mass is 9.91. The van der Waals surface area contributed by atoms with E-state index in [2.05, 4.69) is 33.8 Å². The summed E-state index contributed by atoms with van der Waals surface area (Å²) in [4.78, 5) is 31.9. The number of anilines is 2. The summed E-state index contributed by atoms with van der Waals surface area (Å²) < 4.78 is 28.4. The molecule has 0 unspecified atom stereocenters. The van der Waals surface area contributed by atoms with Crippen molar-refractivity contribution in [1.29, 1.82) is 0 Å². The zero-order chi connectivity index (χ0) is 27.6. The number of rotatable bonds is 10. The summed E-state index contributed by atoms with van der Waals surface area (Å²) in [5.41, 5.74) is 5.50. The normalized spacial score (nSPS) is 15.9. The predicted octanol–water partition coefficient (Wildman–Crippen LogP) is 5.10. The minimum absolute atomic E-state index is 0.156. The highest BCUT2D eigenvalue weighted by Crippen LogP contribution is 2.37. The first-order valence-electron chi connectivity index (χ1n) is 13.5. The first-order valence-corrected chi connectivity index (χ1v) is 15.0. The molecule has 0 bridgehead atoms. The number of aromatic amines is 1. The van der Waals surface area contributed by atoms with E-state index in [9.17, 15) is 18.0 Å². The molecule has 204 valence electrons. The topological polar surface area (TPSA) is 111 Å². The Labute approximate surface area is 229 Å². The number of aromatic nitrogens is 1. The largest absolute Gasteiger partial charge is 0.358 e. The maximum atomic E-state index is 13.0. The first-order chi connectivity index (χ1) is 18.8. The summed E-state index contributed by atoms with van der Waals surface area (Å²) in [6.45, 7) is 7.18. The number of carbonyl (C=O) groups excluding carboxylic acids is 2. The maximum Gasteiger partial charge on any atom is 0.261 e. The van der Waals surface area contributed by atoms with E-state index >= 15 is 0 Å². The van der Waals surface area contributed by atoms with Crippen molar-refractivity contribution in [3.63, 3.8) is 0 Å². The summed E-state index contributed by atoms with van der Waals surface area (Å²) in [6.07, 6.45) is 5.62. The van der Waals surface area contributed by atoms with Gasteiger partial charge in [-0.05, 0) is 87.3 Å². The van der Waals surface area contributed by atoms with Crippen molar-refractivity contribution in [2.45, 2.75) is 50.8 Å². The number of nitrogens with one attached hydrogen (secondary N) is 3. The van der Waals surface area contributed by atoms with Gasteiger partial charge >= 0.3 is 0 Å². The van der Waals surface area contributed by atoms with E-state index < -0.39 is 10.0 Å². The third kappa shape index (κ3) is 5.55. The summed E-state index contributed by atoms with van der Waals surface area (Å²) in [7, 11) is -3.78. The van der Waals surface area contributed by atoms with E-state index in [0.29, 0.717) is 28.9 Å². The highest BCUT2D eigenvalue weighted by molar-refractivity contribution is 7.92. The lowest BCUT2D eigenvalue weighted by Gasteiger charge is -2.18. The fraction of sp³-hybridized carbons (Fsp3) is 0.333. The van der Waals surface area contributed by atoms with Gasteiger partial charge in [0.05, 0.1) is 10.5 Å². The fourth-order valence-corrected chi connectivity index (χ4v) is 6.52. The number of Topliss-reactive ketones (excluding diaryl/α,β-unsaturated/α-hetero) is 1. The Bertz CT molecular complexity index is 1540. The van der Waals surface area contributed by atoms with Gasteiger partial charge in [0.1, 0.15) is 0 Å².